The minimum Gasteiger partial charge on any atom is -0.465 e. The van der Waals surface area contributed by atoms with Crippen LogP contribution in [-0.4, -0.2) is 58.2 Å². The molecule has 0 aliphatic rings. The van der Waals surface area contributed by atoms with Gasteiger partial charge in [-0.15, -0.1) is 0 Å². The molecule has 3 aromatic rings. The van der Waals surface area contributed by atoms with Gasteiger partial charge in [0.2, 0.25) is 0 Å². The van der Waals surface area contributed by atoms with Crippen LogP contribution in [0.15, 0.2) is 36.7 Å². The van der Waals surface area contributed by atoms with E-state index >= 15 is 0 Å². The van der Waals surface area contributed by atoms with Crippen molar-refractivity contribution < 1.29 is 9.53 Å². The molecule has 0 aliphatic heterocycles. The van der Waals surface area contributed by atoms with Crippen molar-refractivity contribution in [3.8, 4) is 11.3 Å². The molecule has 0 atom stereocenters. The highest BCUT2D eigenvalue weighted by Gasteiger charge is 2.18. The Balaban J connectivity index is 2.15. The lowest BCUT2D eigenvalue weighted by Gasteiger charge is -2.07. The average molecular weight is 325 g/mol. The molecule has 0 bridgehead atoms. The second-order valence-electron chi connectivity index (χ2n) is 5.68. The second-order valence-corrected chi connectivity index (χ2v) is 5.68. The smallest absolute Gasteiger partial charge is 0.341 e. The van der Waals surface area contributed by atoms with E-state index in [0.29, 0.717) is 23.5 Å². The van der Waals surface area contributed by atoms with Gasteiger partial charge in [-0.05, 0) is 38.4 Å². The van der Waals surface area contributed by atoms with Gasteiger partial charge in [-0.3, -0.25) is 4.98 Å². The van der Waals surface area contributed by atoms with Crippen molar-refractivity contribution in [3.05, 3.63) is 48.0 Å². The first-order chi connectivity index (χ1) is 11.6. The number of carbonyl (C=O) groups is 1. The van der Waals surface area contributed by atoms with E-state index < -0.39 is 5.97 Å². The molecular formula is C17H19N5O2. The Morgan fingerprint density at radius 3 is 2.62 bits per heavy atom. The Bertz CT molecular complexity index is 858. The number of ether oxygens (including phenoxy) is 1. The molecule has 124 valence electrons. The fourth-order valence-corrected chi connectivity index (χ4v) is 2.44. The molecule has 0 aromatic carbocycles. The molecule has 0 N–H and O–H groups in total. The number of pyridine rings is 2. The van der Waals surface area contributed by atoms with Crippen LogP contribution in [0.25, 0.3) is 16.9 Å². The van der Waals surface area contributed by atoms with Gasteiger partial charge < -0.3 is 9.64 Å². The predicted molar refractivity (Wildman–Crippen MR) is 89.8 cm³/mol. The van der Waals surface area contributed by atoms with Crippen LogP contribution in [0.3, 0.4) is 0 Å². The molecule has 0 radical (unpaired) electrons. The van der Waals surface area contributed by atoms with Crippen molar-refractivity contribution in [2.75, 3.05) is 27.7 Å². The molecule has 7 heteroatoms. The quantitative estimate of drug-likeness (QED) is 0.665. The average Bonchev–Trinajstić information content (AvgIpc) is 3.03. The molecule has 0 amide bonds. The summed E-state index contributed by atoms with van der Waals surface area (Å²) in [6.07, 6.45) is 4.14. The van der Waals surface area contributed by atoms with E-state index in [2.05, 4.69) is 20.0 Å². The van der Waals surface area contributed by atoms with Gasteiger partial charge in [0.1, 0.15) is 5.56 Å². The van der Waals surface area contributed by atoms with E-state index in [1.807, 2.05) is 32.3 Å². The maximum atomic E-state index is 12.0. The first kappa shape index (κ1) is 16.1. The van der Waals surface area contributed by atoms with E-state index in [-0.39, 0.29) is 0 Å². The highest BCUT2D eigenvalue weighted by molar-refractivity contribution is 5.96. The minimum atomic E-state index is -0.423. The number of methoxy groups -OCH3 is 1. The Hall–Kier alpha value is -2.80. The molecule has 0 spiro atoms. The van der Waals surface area contributed by atoms with Crippen LogP contribution in [-0.2, 0) is 11.2 Å². The number of carbonyl (C=O) groups excluding carboxylic acids is 1. The summed E-state index contributed by atoms with van der Waals surface area (Å²) in [7, 11) is 5.36. The number of rotatable bonds is 5. The largest absolute Gasteiger partial charge is 0.465 e. The zero-order valence-electron chi connectivity index (χ0n) is 13.9. The van der Waals surface area contributed by atoms with E-state index in [9.17, 15) is 4.79 Å². The van der Waals surface area contributed by atoms with E-state index in [4.69, 9.17) is 4.74 Å². The van der Waals surface area contributed by atoms with Gasteiger partial charge in [0.25, 0.3) is 0 Å². The number of aromatic nitrogens is 4. The maximum Gasteiger partial charge on any atom is 0.341 e. The molecule has 3 heterocycles. The van der Waals surface area contributed by atoms with Crippen LogP contribution in [0.2, 0.25) is 0 Å². The SMILES string of the molecule is COC(=O)c1ccc(-c2ccncc2)n2nc(CCN(C)C)nc12. The van der Waals surface area contributed by atoms with Crippen molar-refractivity contribution in [3.63, 3.8) is 0 Å². The van der Waals surface area contributed by atoms with Crippen LogP contribution in [0.1, 0.15) is 16.2 Å². The lowest BCUT2D eigenvalue weighted by molar-refractivity contribution is 0.0602. The van der Waals surface area contributed by atoms with Gasteiger partial charge in [-0.1, -0.05) is 0 Å². The zero-order valence-corrected chi connectivity index (χ0v) is 13.9. The van der Waals surface area contributed by atoms with Crippen molar-refractivity contribution in [2.45, 2.75) is 6.42 Å². The first-order valence-corrected chi connectivity index (χ1v) is 7.62. The third-order valence-electron chi connectivity index (χ3n) is 3.69. The lowest BCUT2D eigenvalue weighted by atomic mass is 10.1. The summed E-state index contributed by atoms with van der Waals surface area (Å²) in [5.74, 6) is 0.267. The molecule has 0 aliphatic carbocycles. The van der Waals surface area contributed by atoms with Crippen LogP contribution in [0, 0.1) is 0 Å². The van der Waals surface area contributed by atoms with Crippen LogP contribution < -0.4 is 0 Å². The molecule has 0 saturated heterocycles. The van der Waals surface area contributed by atoms with Gasteiger partial charge in [-0.25, -0.2) is 14.3 Å². The molecule has 24 heavy (non-hydrogen) atoms. The first-order valence-electron chi connectivity index (χ1n) is 7.62. The Kier molecular flexibility index (Phi) is 4.52. The fourth-order valence-electron chi connectivity index (χ4n) is 2.44. The van der Waals surface area contributed by atoms with Crippen LogP contribution in [0.4, 0.5) is 0 Å². The fraction of sp³-hybridized carbons (Fsp3) is 0.294. The minimum absolute atomic E-state index is 0.402. The van der Waals surface area contributed by atoms with Crippen LogP contribution >= 0.6 is 0 Å². The summed E-state index contributed by atoms with van der Waals surface area (Å²) in [5.41, 5.74) is 2.71. The summed E-state index contributed by atoms with van der Waals surface area (Å²) in [5, 5.41) is 4.59. The molecule has 7 nitrogen and oxygen atoms in total. The molecule has 3 rings (SSSR count). The van der Waals surface area contributed by atoms with E-state index in [0.717, 1.165) is 17.8 Å². The molecule has 0 unspecified atom stereocenters. The van der Waals surface area contributed by atoms with E-state index in [1.165, 1.54) is 7.11 Å². The number of hydrogen-bond acceptors (Lipinski definition) is 6. The van der Waals surface area contributed by atoms with Gasteiger partial charge in [0.05, 0.1) is 12.8 Å². The third-order valence-corrected chi connectivity index (χ3v) is 3.69. The van der Waals surface area contributed by atoms with Gasteiger partial charge in [0.15, 0.2) is 11.5 Å². The highest BCUT2D eigenvalue weighted by Crippen LogP contribution is 2.22. The predicted octanol–water partition coefficient (Wildman–Crippen LogP) is 1.68. The summed E-state index contributed by atoms with van der Waals surface area (Å²) in [6.45, 7) is 0.828. The third kappa shape index (κ3) is 3.11. The second kappa shape index (κ2) is 6.76. The van der Waals surface area contributed by atoms with Gasteiger partial charge in [-0.2, -0.15) is 5.10 Å². The standard InChI is InChI=1S/C17H19N5O2/c1-21(2)11-8-15-19-16-13(17(23)24-3)4-5-14(22(16)20-15)12-6-9-18-10-7-12/h4-7,9-10H,8,11H2,1-3H3. The van der Waals surface area contributed by atoms with Crippen molar-refractivity contribution in [1.29, 1.82) is 0 Å². The summed E-state index contributed by atoms with van der Waals surface area (Å²) in [6, 6.07) is 7.36. The number of esters is 1. The Morgan fingerprint density at radius 1 is 1.21 bits per heavy atom. The molecule has 3 aromatic heterocycles. The lowest BCUT2D eigenvalue weighted by Crippen LogP contribution is -2.15. The number of hydrogen-bond donors (Lipinski definition) is 0. The van der Waals surface area contributed by atoms with Crippen LogP contribution in [0.5, 0.6) is 0 Å². The van der Waals surface area contributed by atoms with Crippen molar-refractivity contribution >= 4 is 11.6 Å². The highest BCUT2D eigenvalue weighted by atomic mass is 16.5. The molecule has 0 fully saturated rings. The molecule has 0 saturated carbocycles. The number of nitrogens with zero attached hydrogens (tertiary/aromatic N) is 5. The topological polar surface area (TPSA) is 72.6 Å². The molecular weight excluding hydrogens is 306 g/mol. The number of fused-ring (bicyclic) bond motifs is 1. The maximum absolute atomic E-state index is 12.0. The van der Waals surface area contributed by atoms with E-state index in [1.54, 1.807) is 23.0 Å². The summed E-state index contributed by atoms with van der Waals surface area (Å²) >= 11 is 0. The van der Waals surface area contributed by atoms with Gasteiger partial charge in [0, 0.05) is 30.9 Å². The number of likely N-dealkylation sites (N-methyl/N-ethyl adjacent to an activating group) is 1. The normalized spacial score (nSPS) is 11.2. The zero-order chi connectivity index (χ0) is 17.1. The van der Waals surface area contributed by atoms with Crippen molar-refractivity contribution in [2.24, 2.45) is 0 Å². The summed E-state index contributed by atoms with van der Waals surface area (Å²) < 4.78 is 6.56. The van der Waals surface area contributed by atoms with Gasteiger partial charge >= 0.3 is 5.97 Å². The Morgan fingerprint density at radius 2 is 1.96 bits per heavy atom. The van der Waals surface area contributed by atoms with Crippen molar-refractivity contribution in [1.82, 2.24) is 24.5 Å². The Labute approximate surface area is 139 Å². The summed E-state index contributed by atoms with van der Waals surface area (Å²) in [4.78, 5) is 22.7. The monoisotopic (exact) mass is 325 g/mol.